The normalized spacial score (nSPS) is 18.9. The topological polar surface area (TPSA) is 71.2 Å². The van der Waals surface area contributed by atoms with E-state index < -0.39 is 12.0 Å². The van der Waals surface area contributed by atoms with Crippen molar-refractivity contribution in [2.45, 2.75) is 6.04 Å². The quantitative estimate of drug-likeness (QED) is 0.709. The van der Waals surface area contributed by atoms with E-state index >= 15 is 0 Å². The average molecular weight is 178 g/mol. The second kappa shape index (κ2) is 2.85. The van der Waals surface area contributed by atoms with Gasteiger partial charge in [-0.1, -0.05) is 18.2 Å². The van der Waals surface area contributed by atoms with Gasteiger partial charge in [0.05, 0.1) is 0 Å². The maximum absolute atomic E-state index is 10.7. The molecule has 0 aliphatic carbocycles. The van der Waals surface area contributed by atoms with Gasteiger partial charge in [-0.25, -0.2) is 4.79 Å². The summed E-state index contributed by atoms with van der Waals surface area (Å²) in [6, 6.07) is 5.86. The maximum atomic E-state index is 10.7. The molecule has 1 N–H and O–H groups in total. The van der Waals surface area contributed by atoms with E-state index in [9.17, 15) is 4.79 Å². The van der Waals surface area contributed by atoms with Crippen LogP contribution >= 0.6 is 0 Å². The zero-order valence-electron chi connectivity index (χ0n) is 6.54. The van der Waals surface area contributed by atoms with Crippen LogP contribution in [0.25, 0.3) is 0 Å². The molecular weight excluding hydrogens is 172 g/mol. The van der Waals surface area contributed by atoms with Gasteiger partial charge in [-0.05, 0) is 6.07 Å². The molecule has 1 aliphatic heterocycles. The molecule has 0 fully saturated rings. The van der Waals surface area contributed by atoms with E-state index in [1.165, 1.54) is 0 Å². The Labute approximate surface area is 73.6 Å². The molecule has 0 aromatic heterocycles. The lowest BCUT2D eigenvalue weighted by Gasteiger charge is -2.13. The number of rotatable bonds is 1. The Bertz CT molecular complexity index is 375. The summed E-state index contributed by atoms with van der Waals surface area (Å²) in [7, 11) is 0. The lowest BCUT2D eigenvalue weighted by atomic mass is 10.1. The van der Waals surface area contributed by atoms with Crippen LogP contribution in [0.2, 0.25) is 0 Å². The number of carboxylic acids is 1. The fourth-order valence-electron chi connectivity index (χ4n) is 1.15. The third kappa shape index (κ3) is 1.24. The van der Waals surface area contributed by atoms with Crippen LogP contribution in [0.5, 0.6) is 5.75 Å². The van der Waals surface area contributed by atoms with Gasteiger partial charge in [0, 0.05) is 10.8 Å². The van der Waals surface area contributed by atoms with Crippen LogP contribution in [0.3, 0.4) is 0 Å². The van der Waals surface area contributed by atoms with Crippen LogP contribution in [-0.2, 0) is 4.79 Å². The Hall–Kier alpha value is -1.91. The van der Waals surface area contributed by atoms with E-state index in [0.717, 1.165) is 0 Å². The maximum Gasteiger partial charge on any atom is 0.335 e. The Morgan fingerprint density at radius 2 is 2.23 bits per heavy atom. The Morgan fingerprint density at radius 3 is 3.00 bits per heavy atom. The molecule has 0 radical (unpaired) electrons. The lowest BCUT2D eigenvalue weighted by Crippen LogP contribution is -2.12. The van der Waals surface area contributed by atoms with Crippen LogP contribution in [0.4, 0.5) is 0 Å². The molecule has 2 rings (SSSR count). The fraction of sp³-hybridized carbons (Fsp3) is 0.125. The molecule has 1 unspecified atom stereocenters. The SMILES string of the molecule is O=C(O)C1N=NOc2ccccc21. The second-order valence-corrected chi connectivity index (χ2v) is 2.57. The van der Waals surface area contributed by atoms with Crippen LogP contribution < -0.4 is 4.84 Å². The summed E-state index contributed by atoms with van der Waals surface area (Å²) in [6.07, 6.45) is 0. The van der Waals surface area contributed by atoms with E-state index in [2.05, 4.69) is 10.4 Å². The van der Waals surface area contributed by atoms with Crippen molar-refractivity contribution in [1.82, 2.24) is 0 Å². The monoisotopic (exact) mass is 178 g/mol. The minimum absolute atomic E-state index is 0.449. The summed E-state index contributed by atoms with van der Waals surface area (Å²) >= 11 is 0. The van der Waals surface area contributed by atoms with Crippen molar-refractivity contribution in [3.63, 3.8) is 0 Å². The molecule has 5 heteroatoms. The number of fused-ring (bicyclic) bond motifs is 1. The van der Waals surface area contributed by atoms with Gasteiger partial charge in [0.1, 0.15) is 0 Å². The number of benzene rings is 1. The summed E-state index contributed by atoms with van der Waals surface area (Å²) in [4.78, 5) is 15.5. The first-order chi connectivity index (χ1) is 6.29. The highest BCUT2D eigenvalue weighted by molar-refractivity contribution is 5.76. The van der Waals surface area contributed by atoms with Gasteiger partial charge >= 0.3 is 5.97 Å². The molecule has 0 saturated carbocycles. The molecule has 1 atom stereocenters. The Balaban J connectivity index is 2.48. The van der Waals surface area contributed by atoms with Crippen LogP contribution in [0.1, 0.15) is 11.6 Å². The van der Waals surface area contributed by atoms with Crippen LogP contribution in [0, 0.1) is 0 Å². The van der Waals surface area contributed by atoms with E-state index in [1.807, 2.05) is 0 Å². The molecule has 1 aromatic carbocycles. The zero-order valence-corrected chi connectivity index (χ0v) is 6.54. The molecule has 0 spiro atoms. The number of aliphatic carboxylic acids is 1. The van der Waals surface area contributed by atoms with Gasteiger partial charge < -0.3 is 9.94 Å². The number of hydrogen-bond acceptors (Lipinski definition) is 4. The molecule has 1 heterocycles. The third-order valence-electron chi connectivity index (χ3n) is 1.75. The summed E-state index contributed by atoms with van der Waals surface area (Å²) < 4.78 is 0. The highest BCUT2D eigenvalue weighted by Crippen LogP contribution is 2.31. The van der Waals surface area contributed by atoms with Gasteiger partial charge in [-0.15, -0.1) is 5.11 Å². The highest BCUT2D eigenvalue weighted by atomic mass is 16.6. The first-order valence-corrected chi connectivity index (χ1v) is 3.68. The first-order valence-electron chi connectivity index (χ1n) is 3.68. The minimum Gasteiger partial charge on any atom is -0.479 e. The number of carboxylic acid groups (broad SMARTS) is 1. The average Bonchev–Trinajstić information content (AvgIpc) is 2.17. The van der Waals surface area contributed by atoms with Gasteiger partial charge in [0.2, 0.25) is 0 Å². The highest BCUT2D eigenvalue weighted by Gasteiger charge is 2.26. The van der Waals surface area contributed by atoms with Crippen molar-refractivity contribution in [1.29, 1.82) is 0 Å². The van der Waals surface area contributed by atoms with Gasteiger partial charge in [0.15, 0.2) is 11.8 Å². The van der Waals surface area contributed by atoms with E-state index in [1.54, 1.807) is 24.3 Å². The van der Waals surface area contributed by atoms with Crippen molar-refractivity contribution in [2.24, 2.45) is 10.4 Å². The van der Waals surface area contributed by atoms with E-state index in [0.29, 0.717) is 11.3 Å². The van der Waals surface area contributed by atoms with Gasteiger partial charge in [-0.3, -0.25) is 0 Å². The summed E-state index contributed by atoms with van der Waals surface area (Å²) in [6.45, 7) is 0. The van der Waals surface area contributed by atoms with Crippen molar-refractivity contribution < 1.29 is 14.7 Å². The molecule has 5 nitrogen and oxygen atoms in total. The molecule has 0 bridgehead atoms. The van der Waals surface area contributed by atoms with Crippen molar-refractivity contribution in [3.05, 3.63) is 29.8 Å². The molecule has 1 aromatic rings. The van der Waals surface area contributed by atoms with E-state index in [-0.39, 0.29) is 0 Å². The Morgan fingerprint density at radius 1 is 1.46 bits per heavy atom. The third-order valence-corrected chi connectivity index (χ3v) is 1.75. The molecule has 1 aliphatic rings. The summed E-state index contributed by atoms with van der Waals surface area (Å²) in [5, 5.41) is 15.5. The Kier molecular flexibility index (Phi) is 1.70. The number of para-hydroxylation sites is 1. The molecule has 0 amide bonds. The standard InChI is InChI=1S/C8H6N2O3/c11-8(12)7-5-3-1-2-4-6(5)13-10-9-7/h1-4,7H,(H,11,12). The van der Waals surface area contributed by atoms with Crippen LogP contribution in [-0.4, -0.2) is 11.1 Å². The second-order valence-electron chi connectivity index (χ2n) is 2.57. The smallest absolute Gasteiger partial charge is 0.335 e. The predicted octanol–water partition coefficient (Wildman–Crippen LogP) is 1.57. The molecule has 0 saturated heterocycles. The van der Waals surface area contributed by atoms with Crippen molar-refractivity contribution in [2.75, 3.05) is 0 Å². The van der Waals surface area contributed by atoms with E-state index in [4.69, 9.17) is 9.94 Å². The van der Waals surface area contributed by atoms with Crippen molar-refractivity contribution >= 4 is 5.97 Å². The summed E-state index contributed by atoms with van der Waals surface area (Å²) in [5.74, 6) is -0.579. The number of nitrogens with zero attached hydrogens (tertiary/aromatic N) is 2. The molecular formula is C8H6N2O3. The van der Waals surface area contributed by atoms with Crippen LogP contribution in [0.15, 0.2) is 34.7 Å². The number of hydrogen-bond donors (Lipinski definition) is 1. The molecule has 13 heavy (non-hydrogen) atoms. The predicted molar refractivity (Wildman–Crippen MR) is 42.3 cm³/mol. The van der Waals surface area contributed by atoms with Crippen molar-refractivity contribution in [3.8, 4) is 5.75 Å². The molecule has 66 valence electrons. The fourth-order valence-corrected chi connectivity index (χ4v) is 1.15. The van der Waals surface area contributed by atoms with Gasteiger partial charge in [-0.2, -0.15) is 0 Å². The number of carbonyl (C=O) groups is 1. The minimum atomic E-state index is -1.03. The first kappa shape index (κ1) is 7.72. The lowest BCUT2D eigenvalue weighted by molar-refractivity contribution is -0.139. The zero-order chi connectivity index (χ0) is 9.26. The van der Waals surface area contributed by atoms with Gasteiger partial charge in [0.25, 0.3) is 0 Å². The largest absolute Gasteiger partial charge is 0.479 e. The summed E-state index contributed by atoms with van der Waals surface area (Å²) in [5.41, 5.74) is 0.532.